The van der Waals surface area contributed by atoms with Gasteiger partial charge in [-0.1, -0.05) is 13.8 Å². The van der Waals surface area contributed by atoms with Crippen molar-refractivity contribution in [1.29, 1.82) is 0 Å². The summed E-state index contributed by atoms with van der Waals surface area (Å²) in [5.74, 6) is -2.59. The summed E-state index contributed by atoms with van der Waals surface area (Å²) < 4.78 is 0. The minimum atomic E-state index is -1.26. The third-order valence-corrected chi connectivity index (χ3v) is 3.57. The molecule has 0 N–H and O–H groups in total. The van der Waals surface area contributed by atoms with Gasteiger partial charge < -0.3 is 0 Å². The Morgan fingerprint density at radius 2 is 1.62 bits per heavy atom. The van der Waals surface area contributed by atoms with Crippen LogP contribution in [-0.4, -0.2) is 22.3 Å². The largest absolute Gasteiger partial charge is 0.298 e. The van der Waals surface area contributed by atoms with E-state index in [0.717, 1.165) is 0 Å². The van der Waals surface area contributed by atoms with Gasteiger partial charge in [0.05, 0.1) is 4.92 Å². The summed E-state index contributed by atoms with van der Waals surface area (Å²) in [4.78, 5) is 46.4. The second kappa shape index (κ2) is 5.20. The number of rotatable bonds is 3. The number of carbonyl (C=O) groups is 3. The number of nitro groups is 1. The first-order valence-corrected chi connectivity index (χ1v) is 6.55. The summed E-state index contributed by atoms with van der Waals surface area (Å²) in [6.45, 7) is 3.63. The predicted octanol–water partition coefficient (Wildman–Crippen LogP) is 2.35. The topological polar surface area (TPSA) is 94.3 Å². The molecule has 1 fully saturated rings. The van der Waals surface area contributed by atoms with E-state index in [1.54, 1.807) is 0 Å². The number of hydrogen-bond acceptors (Lipinski definition) is 5. The van der Waals surface area contributed by atoms with Gasteiger partial charge in [0, 0.05) is 30.5 Å². The molecule has 0 radical (unpaired) electrons. The molecule has 6 nitrogen and oxygen atoms in total. The lowest BCUT2D eigenvalue weighted by atomic mass is 9.70. The van der Waals surface area contributed by atoms with Crippen LogP contribution in [0.2, 0.25) is 0 Å². The Balaban J connectivity index is 2.25. The van der Waals surface area contributed by atoms with E-state index in [2.05, 4.69) is 0 Å². The first kappa shape index (κ1) is 15.0. The molecule has 1 aliphatic carbocycles. The van der Waals surface area contributed by atoms with Gasteiger partial charge in [-0.2, -0.15) is 0 Å². The molecule has 110 valence electrons. The fourth-order valence-corrected chi connectivity index (χ4v) is 2.60. The van der Waals surface area contributed by atoms with Gasteiger partial charge in [-0.25, -0.2) is 0 Å². The zero-order chi connectivity index (χ0) is 15.8. The third-order valence-electron chi connectivity index (χ3n) is 3.57. The van der Waals surface area contributed by atoms with Crippen LogP contribution in [0.15, 0.2) is 24.3 Å². The van der Waals surface area contributed by atoms with Crippen molar-refractivity contribution in [2.45, 2.75) is 26.7 Å². The molecular formula is C15H15NO5. The lowest BCUT2D eigenvalue weighted by Crippen LogP contribution is -2.41. The minimum Gasteiger partial charge on any atom is -0.298 e. The standard InChI is InChI=1S/C15H15NO5/c1-15(2)7-11(17)13(12(18)8-15)14(19)9-3-5-10(6-4-9)16(20)21/h3-6,13H,7-8H2,1-2H3. The van der Waals surface area contributed by atoms with E-state index in [4.69, 9.17) is 0 Å². The molecule has 0 saturated heterocycles. The minimum absolute atomic E-state index is 0.144. The molecule has 1 aliphatic rings. The highest BCUT2D eigenvalue weighted by Gasteiger charge is 2.43. The van der Waals surface area contributed by atoms with Gasteiger partial charge >= 0.3 is 0 Å². The van der Waals surface area contributed by atoms with Crippen molar-refractivity contribution in [2.75, 3.05) is 0 Å². The van der Waals surface area contributed by atoms with Crippen LogP contribution in [0, 0.1) is 21.4 Å². The van der Waals surface area contributed by atoms with Crippen LogP contribution in [0.3, 0.4) is 0 Å². The zero-order valence-corrected chi connectivity index (χ0v) is 11.8. The molecule has 0 bridgehead atoms. The molecule has 21 heavy (non-hydrogen) atoms. The molecule has 1 aromatic rings. The van der Waals surface area contributed by atoms with Gasteiger partial charge in [0.25, 0.3) is 5.69 Å². The van der Waals surface area contributed by atoms with Gasteiger partial charge in [-0.3, -0.25) is 24.5 Å². The number of nitro benzene ring substituents is 1. The second-order valence-electron chi connectivity index (χ2n) is 6.05. The average Bonchev–Trinajstić information content (AvgIpc) is 2.36. The smallest absolute Gasteiger partial charge is 0.269 e. The molecule has 1 saturated carbocycles. The number of nitrogens with zero attached hydrogens (tertiary/aromatic N) is 1. The number of benzene rings is 1. The van der Waals surface area contributed by atoms with Crippen LogP contribution >= 0.6 is 0 Å². The van der Waals surface area contributed by atoms with Crippen LogP contribution in [-0.2, 0) is 9.59 Å². The van der Waals surface area contributed by atoms with E-state index in [1.165, 1.54) is 24.3 Å². The van der Waals surface area contributed by atoms with Crippen molar-refractivity contribution in [3.8, 4) is 0 Å². The number of carbonyl (C=O) groups excluding carboxylic acids is 3. The predicted molar refractivity (Wildman–Crippen MR) is 73.9 cm³/mol. The Labute approximate surface area is 121 Å². The Kier molecular flexibility index (Phi) is 3.72. The average molecular weight is 289 g/mol. The fraction of sp³-hybridized carbons (Fsp3) is 0.400. The lowest BCUT2D eigenvalue weighted by molar-refractivity contribution is -0.384. The van der Waals surface area contributed by atoms with Gasteiger partial charge in [-0.05, 0) is 17.5 Å². The number of hydrogen-bond donors (Lipinski definition) is 0. The summed E-state index contributed by atoms with van der Waals surface area (Å²) in [7, 11) is 0. The quantitative estimate of drug-likeness (QED) is 0.368. The SMILES string of the molecule is CC1(C)CC(=O)C(C(=O)c2ccc([N+](=O)[O-])cc2)C(=O)C1. The second-order valence-corrected chi connectivity index (χ2v) is 6.05. The van der Waals surface area contributed by atoms with Crippen LogP contribution in [0.4, 0.5) is 5.69 Å². The monoisotopic (exact) mass is 289 g/mol. The van der Waals surface area contributed by atoms with Crippen LogP contribution in [0.5, 0.6) is 0 Å². The van der Waals surface area contributed by atoms with E-state index in [9.17, 15) is 24.5 Å². The molecule has 0 aromatic heterocycles. The summed E-state index contributed by atoms with van der Waals surface area (Å²) >= 11 is 0. The van der Waals surface area contributed by atoms with Crippen LogP contribution in [0.25, 0.3) is 0 Å². The fourth-order valence-electron chi connectivity index (χ4n) is 2.60. The number of Topliss-reactive ketones (excluding diaryl/α,β-unsaturated/α-hetero) is 3. The molecule has 1 aromatic carbocycles. The molecule has 6 heteroatoms. The molecule has 2 rings (SSSR count). The molecular weight excluding hydrogens is 274 g/mol. The van der Waals surface area contributed by atoms with E-state index >= 15 is 0 Å². The van der Waals surface area contributed by atoms with Crippen molar-refractivity contribution in [3.63, 3.8) is 0 Å². The maximum Gasteiger partial charge on any atom is 0.269 e. The van der Waals surface area contributed by atoms with E-state index in [0.29, 0.717) is 0 Å². The molecule has 0 heterocycles. The number of non-ortho nitro benzene ring substituents is 1. The van der Waals surface area contributed by atoms with Crippen molar-refractivity contribution in [3.05, 3.63) is 39.9 Å². The van der Waals surface area contributed by atoms with E-state index in [-0.39, 0.29) is 35.7 Å². The highest BCUT2D eigenvalue weighted by molar-refractivity contribution is 6.25. The first-order chi connectivity index (χ1) is 9.71. The molecule has 0 atom stereocenters. The van der Waals surface area contributed by atoms with Gasteiger partial charge in [0.2, 0.25) is 0 Å². The van der Waals surface area contributed by atoms with E-state index in [1.807, 2.05) is 13.8 Å². The van der Waals surface area contributed by atoms with Crippen LogP contribution in [0.1, 0.15) is 37.0 Å². The highest BCUT2D eigenvalue weighted by atomic mass is 16.6. The normalized spacial score (nSPS) is 18.6. The van der Waals surface area contributed by atoms with E-state index < -0.39 is 22.0 Å². The molecule has 0 amide bonds. The molecule has 0 spiro atoms. The first-order valence-electron chi connectivity index (χ1n) is 6.55. The van der Waals surface area contributed by atoms with Gasteiger partial charge in [-0.15, -0.1) is 0 Å². The molecule has 0 aliphatic heterocycles. The number of ketones is 3. The Morgan fingerprint density at radius 3 is 2.05 bits per heavy atom. The summed E-state index contributed by atoms with van der Waals surface area (Å²) in [6.07, 6.45) is 0.365. The highest BCUT2D eigenvalue weighted by Crippen LogP contribution is 2.35. The lowest BCUT2D eigenvalue weighted by Gasteiger charge is -2.31. The Hall–Kier alpha value is -2.37. The summed E-state index contributed by atoms with van der Waals surface area (Å²) in [5, 5.41) is 10.6. The Morgan fingerprint density at radius 1 is 1.14 bits per heavy atom. The van der Waals surface area contributed by atoms with Gasteiger partial charge in [0.1, 0.15) is 5.92 Å². The Bertz CT molecular complexity index is 610. The summed E-state index contributed by atoms with van der Waals surface area (Å²) in [5.41, 5.74) is -0.415. The van der Waals surface area contributed by atoms with Crippen molar-refractivity contribution >= 4 is 23.0 Å². The van der Waals surface area contributed by atoms with Crippen molar-refractivity contribution in [2.24, 2.45) is 11.3 Å². The van der Waals surface area contributed by atoms with Crippen molar-refractivity contribution < 1.29 is 19.3 Å². The van der Waals surface area contributed by atoms with Gasteiger partial charge in [0.15, 0.2) is 17.3 Å². The van der Waals surface area contributed by atoms with Crippen LogP contribution < -0.4 is 0 Å². The maximum atomic E-state index is 12.3. The van der Waals surface area contributed by atoms with Crippen molar-refractivity contribution in [1.82, 2.24) is 0 Å². The summed E-state index contributed by atoms with van der Waals surface area (Å²) in [6, 6.07) is 4.94. The maximum absolute atomic E-state index is 12.3. The third kappa shape index (κ3) is 3.04. The zero-order valence-electron chi connectivity index (χ0n) is 11.8. The molecule has 0 unspecified atom stereocenters.